The Kier molecular flexibility index (Phi) is 7.65. The van der Waals surface area contributed by atoms with Crippen molar-refractivity contribution >= 4 is 29.4 Å². The second kappa shape index (κ2) is 9.74. The number of aromatic nitrogens is 3. The Labute approximate surface area is 152 Å². The smallest absolute Gasteiger partial charge is 0.230 e. The summed E-state index contributed by atoms with van der Waals surface area (Å²) in [6.07, 6.45) is 1.70. The third kappa shape index (κ3) is 6.20. The molecule has 1 N–H and O–H groups in total. The summed E-state index contributed by atoms with van der Waals surface area (Å²) in [4.78, 5) is 11.9. The van der Waals surface area contributed by atoms with Crippen LogP contribution in [0, 0.1) is 6.92 Å². The molecule has 0 saturated heterocycles. The molecule has 1 aromatic carbocycles. The van der Waals surface area contributed by atoms with Gasteiger partial charge in [-0.2, -0.15) is 11.8 Å². The van der Waals surface area contributed by atoms with E-state index in [1.54, 1.807) is 6.33 Å². The van der Waals surface area contributed by atoms with Crippen LogP contribution in [0.25, 0.3) is 0 Å². The zero-order valence-corrected chi connectivity index (χ0v) is 16.0. The van der Waals surface area contributed by atoms with E-state index in [1.165, 1.54) is 22.9 Å². The molecule has 2 rings (SSSR count). The Morgan fingerprint density at radius 2 is 2.04 bits per heavy atom. The van der Waals surface area contributed by atoms with E-state index in [0.717, 1.165) is 16.7 Å². The normalized spacial score (nSPS) is 11.0. The SMILES string of the molecule is Cc1ccc(CSCCNC(=O)CSc2nncn2C(C)C)cc1. The van der Waals surface area contributed by atoms with Crippen LogP contribution >= 0.6 is 23.5 Å². The predicted molar refractivity (Wildman–Crippen MR) is 101 cm³/mol. The van der Waals surface area contributed by atoms with Gasteiger partial charge in [-0.1, -0.05) is 41.6 Å². The van der Waals surface area contributed by atoms with Gasteiger partial charge >= 0.3 is 0 Å². The zero-order chi connectivity index (χ0) is 17.4. The van der Waals surface area contributed by atoms with Crippen LogP contribution in [0.1, 0.15) is 31.0 Å². The summed E-state index contributed by atoms with van der Waals surface area (Å²) in [7, 11) is 0. The predicted octanol–water partition coefficient (Wildman–Crippen LogP) is 3.31. The molecule has 0 unspecified atom stereocenters. The van der Waals surface area contributed by atoms with Crippen LogP contribution in [0.3, 0.4) is 0 Å². The van der Waals surface area contributed by atoms with Crippen LogP contribution in [0.4, 0.5) is 0 Å². The first-order valence-electron chi connectivity index (χ1n) is 7.98. The van der Waals surface area contributed by atoms with Crippen molar-refractivity contribution in [2.75, 3.05) is 18.1 Å². The zero-order valence-electron chi connectivity index (χ0n) is 14.4. The number of carbonyl (C=O) groups is 1. The minimum absolute atomic E-state index is 0.0363. The first-order chi connectivity index (χ1) is 11.6. The van der Waals surface area contributed by atoms with Gasteiger partial charge in [-0.15, -0.1) is 10.2 Å². The fraction of sp³-hybridized carbons (Fsp3) is 0.471. The quantitative estimate of drug-likeness (QED) is 0.546. The molecule has 0 bridgehead atoms. The second-order valence-corrected chi connectivity index (χ2v) is 7.84. The summed E-state index contributed by atoms with van der Waals surface area (Å²) in [5.74, 6) is 2.29. The number of hydrogen-bond acceptors (Lipinski definition) is 5. The number of nitrogens with one attached hydrogen (secondary N) is 1. The molecule has 0 aliphatic carbocycles. The van der Waals surface area contributed by atoms with E-state index in [1.807, 2.05) is 16.3 Å². The maximum absolute atomic E-state index is 11.9. The van der Waals surface area contributed by atoms with Crippen LogP contribution in [0.2, 0.25) is 0 Å². The Balaban J connectivity index is 1.59. The van der Waals surface area contributed by atoms with Crippen molar-refractivity contribution in [1.29, 1.82) is 0 Å². The molecule has 130 valence electrons. The van der Waals surface area contributed by atoms with Crippen molar-refractivity contribution in [2.24, 2.45) is 0 Å². The number of carbonyl (C=O) groups excluding carboxylic acids is 1. The molecule has 0 atom stereocenters. The molecule has 0 aliphatic heterocycles. The molecular weight excluding hydrogens is 340 g/mol. The summed E-state index contributed by atoms with van der Waals surface area (Å²) in [6, 6.07) is 8.87. The van der Waals surface area contributed by atoms with E-state index in [2.05, 4.69) is 60.6 Å². The summed E-state index contributed by atoms with van der Waals surface area (Å²) in [5.41, 5.74) is 2.60. The maximum Gasteiger partial charge on any atom is 0.230 e. The molecule has 0 radical (unpaired) electrons. The van der Waals surface area contributed by atoms with Gasteiger partial charge < -0.3 is 9.88 Å². The molecule has 24 heavy (non-hydrogen) atoms. The number of benzene rings is 1. The van der Waals surface area contributed by atoms with Gasteiger partial charge in [0.25, 0.3) is 0 Å². The Morgan fingerprint density at radius 1 is 1.29 bits per heavy atom. The summed E-state index contributed by atoms with van der Waals surface area (Å²) < 4.78 is 1.97. The highest BCUT2D eigenvalue weighted by atomic mass is 32.2. The van der Waals surface area contributed by atoms with Crippen molar-refractivity contribution in [3.8, 4) is 0 Å². The van der Waals surface area contributed by atoms with Crippen LogP contribution in [0.5, 0.6) is 0 Å². The number of aryl methyl sites for hydroxylation is 1. The van der Waals surface area contributed by atoms with E-state index in [-0.39, 0.29) is 5.91 Å². The number of hydrogen-bond donors (Lipinski definition) is 1. The Morgan fingerprint density at radius 3 is 2.75 bits per heavy atom. The van der Waals surface area contributed by atoms with Gasteiger partial charge in [-0.05, 0) is 26.3 Å². The fourth-order valence-corrected chi connectivity index (χ4v) is 3.70. The number of rotatable bonds is 9. The van der Waals surface area contributed by atoms with Crippen molar-refractivity contribution < 1.29 is 4.79 Å². The topological polar surface area (TPSA) is 59.8 Å². The van der Waals surface area contributed by atoms with Crippen molar-refractivity contribution in [1.82, 2.24) is 20.1 Å². The molecule has 2 aromatic rings. The summed E-state index contributed by atoms with van der Waals surface area (Å²) in [5, 5.41) is 11.7. The number of thioether (sulfide) groups is 2. The molecule has 5 nitrogen and oxygen atoms in total. The molecule has 7 heteroatoms. The van der Waals surface area contributed by atoms with Gasteiger partial charge in [0, 0.05) is 24.1 Å². The van der Waals surface area contributed by atoms with Crippen molar-refractivity contribution in [3.63, 3.8) is 0 Å². The maximum atomic E-state index is 11.9. The highest BCUT2D eigenvalue weighted by Gasteiger charge is 2.10. The second-order valence-electron chi connectivity index (χ2n) is 5.79. The van der Waals surface area contributed by atoms with E-state index >= 15 is 0 Å². The van der Waals surface area contributed by atoms with Gasteiger partial charge in [0.15, 0.2) is 5.16 Å². The molecule has 1 heterocycles. The average Bonchev–Trinajstić information content (AvgIpc) is 3.03. The molecular formula is C17H24N4OS2. The first-order valence-corrected chi connectivity index (χ1v) is 10.1. The first kappa shape index (κ1) is 18.9. The lowest BCUT2D eigenvalue weighted by molar-refractivity contribution is -0.118. The Bertz CT molecular complexity index is 640. The van der Waals surface area contributed by atoms with Gasteiger partial charge in [-0.25, -0.2) is 0 Å². The summed E-state index contributed by atoms with van der Waals surface area (Å²) >= 11 is 3.25. The average molecular weight is 365 g/mol. The van der Waals surface area contributed by atoms with Crippen LogP contribution in [-0.4, -0.2) is 38.7 Å². The van der Waals surface area contributed by atoms with Gasteiger partial charge in [0.1, 0.15) is 6.33 Å². The largest absolute Gasteiger partial charge is 0.355 e. The molecule has 0 aliphatic rings. The number of nitrogens with zero attached hydrogens (tertiary/aromatic N) is 3. The highest BCUT2D eigenvalue weighted by molar-refractivity contribution is 7.99. The van der Waals surface area contributed by atoms with E-state index in [4.69, 9.17) is 0 Å². The molecule has 0 fully saturated rings. The van der Waals surface area contributed by atoms with Gasteiger partial charge in [0.2, 0.25) is 5.91 Å². The minimum atomic E-state index is 0.0363. The van der Waals surface area contributed by atoms with Crippen LogP contribution in [0.15, 0.2) is 35.7 Å². The lowest BCUT2D eigenvalue weighted by Crippen LogP contribution is -2.27. The molecule has 1 aromatic heterocycles. The summed E-state index contributed by atoms with van der Waals surface area (Å²) in [6.45, 7) is 6.92. The standard InChI is InChI=1S/C17H24N4OS2/c1-13(2)21-12-19-20-17(21)24-11-16(22)18-8-9-23-10-15-6-4-14(3)5-7-15/h4-7,12-13H,8-11H2,1-3H3,(H,18,22). The molecule has 0 saturated carbocycles. The number of amides is 1. The fourth-order valence-electron chi connectivity index (χ4n) is 2.01. The minimum Gasteiger partial charge on any atom is -0.355 e. The van der Waals surface area contributed by atoms with E-state index in [0.29, 0.717) is 18.3 Å². The van der Waals surface area contributed by atoms with Crippen molar-refractivity contribution in [3.05, 3.63) is 41.7 Å². The monoisotopic (exact) mass is 364 g/mol. The van der Waals surface area contributed by atoms with E-state index in [9.17, 15) is 4.79 Å². The lowest BCUT2D eigenvalue weighted by Gasteiger charge is -2.09. The molecule has 0 spiro atoms. The molecule has 1 amide bonds. The van der Waals surface area contributed by atoms with Gasteiger partial charge in [-0.3, -0.25) is 4.79 Å². The Hall–Kier alpha value is -1.47. The van der Waals surface area contributed by atoms with E-state index < -0.39 is 0 Å². The highest BCUT2D eigenvalue weighted by Crippen LogP contribution is 2.18. The lowest BCUT2D eigenvalue weighted by atomic mass is 10.2. The van der Waals surface area contributed by atoms with Crippen molar-refractivity contribution in [2.45, 2.75) is 37.7 Å². The van der Waals surface area contributed by atoms with Gasteiger partial charge in [0.05, 0.1) is 5.75 Å². The third-order valence-corrected chi connectivity index (χ3v) is 5.37. The van der Waals surface area contributed by atoms with Crippen LogP contribution in [-0.2, 0) is 10.5 Å². The van der Waals surface area contributed by atoms with Crippen LogP contribution < -0.4 is 5.32 Å². The third-order valence-electron chi connectivity index (χ3n) is 3.39.